The number of carbonyl (C=O) groups excluding carboxylic acids is 3. The zero-order valence-electron chi connectivity index (χ0n) is 15.1. The molecule has 0 aliphatic carbocycles. The van der Waals surface area contributed by atoms with Crippen LogP contribution >= 0.6 is 0 Å². The Morgan fingerprint density at radius 2 is 1.74 bits per heavy atom. The van der Waals surface area contributed by atoms with E-state index in [4.69, 9.17) is 11.5 Å². The first-order chi connectivity index (χ1) is 12.9. The molecule has 0 aromatic heterocycles. The Labute approximate surface area is 158 Å². The molecular formula is C20H24N4O3. The van der Waals surface area contributed by atoms with Crippen LogP contribution in [0.15, 0.2) is 54.6 Å². The average Bonchev–Trinajstić information content (AvgIpc) is 2.67. The summed E-state index contributed by atoms with van der Waals surface area (Å²) in [5.74, 6) is -1.53. The standard InChI is InChI=1S/C20H24N4O3/c1-13(18(22)14-6-3-2-4-7-14)19(26)24-16-9-5-8-15(12-16)20(27)23-11-10-17(21)25/h2-9,12-13,18H,10-11,22H2,1H3,(H2,21,25)(H,23,27)(H,24,26). The number of anilines is 1. The second-order valence-corrected chi connectivity index (χ2v) is 6.27. The number of benzene rings is 2. The highest BCUT2D eigenvalue weighted by atomic mass is 16.2. The third-order valence-electron chi connectivity index (χ3n) is 4.19. The summed E-state index contributed by atoms with van der Waals surface area (Å²) < 4.78 is 0. The molecular weight excluding hydrogens is 344 g/mol. The maximum absolute atomic E-state index is 12.5. The molecule has 0 aliphatic heterocycles. The summed E-state index contributed by atoms with van der Waals surface area (Å²) >= 11 is 0. The van der Waals surface area contributed by atoms with E-state index >= 15 is 0 Å². The van der Waals surface area contributed by atoms with Crippen molar-refractivity contribution in [2.24, 2.45) is 17.4 Å². The molecule has 0 bridgehead atoms. The molecule has 2 aromatic rings. The van der Waals surface area contributed by atoms with Crippen LogP contribution in [-0.2, 0) is 9.59 Å². The van der Waals surface area contributed by atoms with E-state index in [0.29, 0.717) is 11.3 Å². The van der Waals surface area contributed by atoms with E-state index in [-0.39, 0.29) is 24.8 Å². The zero-order valence-corrected chi connectivity index (χ0v) is 15.1. The van der Waals surface area contributed by atoms with Gasteiger partial charge in [-0.15, -0.1) is 0 Å². The van der Waals surface area contributed by atoms with Crippen LogP contribution in [0.1, 0.15) is 35.3 Å². The van der Waals surface area contributed by atoms with Crippen molar-refractivity contribution in [1.29, 1.82) is 0 Å². The van der Waals surface area contributed by atoms with Gasteiger partial charge in [-0.05, 0) is 23.8 Å². The Morgan fingerprint density at radius 1 is 1.04 bits per heavy atom. The van der Waals surface area contributed by atoms with Crippen molar-refractivity contribution in [2.75, 3.05) is 11.9 Å². The topological polar surface area (TPSA) is 127 Å². The largest absolute Gasteiger partial charge is 0.370 e. The fourth-order valence-corrected chi connectivity index (χ4v) is 2.52. The Morgan fingerprint density at radius 3 is 2.41 bits per heavy atom. The van der Waals surface area contributed by atoms with Gasteiger partial charge in [-0.1, -0.05) is 43.3 Å². The molecule has 0 spiro atoms. The molecule has 0 saturated carbocycles. The van der Waals surface area contributed by atoms with Crippen LogP contribution in [0.2, 0.25) is 0 Å². The molecule has 7 nitrogen and oxygen atoms in total. The van der Waals surface area contributed by atoms with Crippen molar-refractivity contribution in [3.63, 3.8) is 0 Å². The average molecular weight is 368 g/mol. The van der Waals surface area contributed by atoms with Gasteiger partial charge < -0.3 is 22.1 Å². The fourth-order valence-electron chi connectivity index (χ4n) is 2.52. The van der Waals surface area contributed by atoms with Crippen molar-refractivity contribution in [2.45, 2.75) is 19.4 Å². The first-order valence-corrected chi connectivity index (χ1v) is 8.66. The van der Waals surface area contributed by atoms with E-state index in [9.17, 15) is 14.4 Å². The number of hydrogen-bond acceptors (Lipinski definition) is 4. The summed E-state index contributed by atoms with van der Waals surface area (Å²) in [6.45, 7) is 1.92. The highest BCUT2D eigenvalue weighted by Gasteiger charge is 2.22. The zero-order chi connectivity index (χ0) is 19.8. The van der Waals surface area contributed by atoms with Gasteiger partial charge in [-0.3, -0.25) is 14.4 Å². The fraction of sp³-hybridized carbons (Fsp3) is 0.250. The van der Waals surface area contributed by atoms with Gasteiger partial charge >= 0.3 is 0 Å². The van der Waals surface area contributed by atoms with E-state index < -0.39 is 17.9 Å². The van der Waals surface area contributed by atoms with E-state index in [1.165, 1.54) is 0 Å². The molecule has 0 radical (unpaired) electrons. The summed E-state index contributed by atoms with van der Waals surface area (Å²) in [6, 6.07) is 15.5. The lowest BCUT2D eigenvalue weighted by Crippen LogP contribution is -2.30. The molecule has 0 aliphatic rings. The minimum atomic E-state index is -0.486. The lowest BCUT2D eigenvalue weighted by Gasteiger charge is -2.20. The maximum atomic E-state index is 12.5. The Hall–Kier alpha value is -3.19. The van der Waals surface area contributed by atoms with Gasteiger partial charge in [-0.2, -0.15) is 0 Å². The van der Waals surface area contributed by atoms with Gasteiger partial charge in [0.2, 0.25) is 11.8 Å². The molecule has 0 fully saturated rings. The predicted octanol–water partition coefficient (Wildman–Crippen LogP) is 1.57. The first kappa shape index (κ1) is 20.1. The van der Waals surface area contributed by atoms with Crippen molar-refractivity contribution in [3.05, 3.63) is 65.7 Å². The van der Waals surface area contributed by atoms with Crippen LogP contribution in [0.25, 0.3) is 0 Å². The predicted molar refractivity (Wildman–Crippen MR) is 104 cm³/mol. The second-order valence-electron chi connectivity index (χ2n) is 6.27. The molecule has 0 saturated heterocycles. The summed E-state index contributed by atoms with van der Waals surface area (Å²) in [7, 11) is 0. The van der Waals surface area contributed by atoms with Crippen LogP contribution in [0.4, 0.5) is 5.69 Å². The Kier molecular flexibility index (Phi) is 7.08. The molecule has 2 unspecified atom stereocenters. The Bertz CT molecular complexity index is 808. The number of rotatable bonds is 8. The van der Waals surface area contributed by atoms with Crippen LogP contribution in [-0.4, -0.2) is 24.3 Å². The van der Waals surface area contributed by atoms with Crippen molar-refractivity contribution < 1.29 is 14.4 Å². The van der Waals surface area contributed by atoms with Crippen molar-refractivity contribution in [3.8, 4) is 0 Å². The van der Waals surface area contributed by atoms with E-state index in [0.717, 1.165) is 5.56 Å². The molecule has 27 heavy (non-hydrogen) atoms. The molecule has 2 aromatic carbocycles. The minimum absolute atomic E-state index is 0.0665. The number of carbonyl (C=O) groups is 3. The van der Waals surface area contributed by atoms with Crippen LogP contribution < -0.4 is 22.1 Å². The van der Waals surface area contributed by atoms with Gasteiger partial charge in [-0.25, -0.2) is 0 Å². The van der Waals surface area contributed by atoms with Crippen molar-refractivity contribution in [1.82, 2.24) is 5.32 Å². The maximum Gasteiger partial charge on any atom is 0.251 e. The lowest BCUT2D eigenvalue weighted by molar-refractivity contribution is -0.120. The number of hydrogen-bond donors (Lipinski definition) is 4. The minimum Gasteiger partial charge on any atom is -0.370 e. The third kappa shape index (κ3) is 5.93. The van der Waals surface area contributed by atoms with Gasteiger partial charge in [0, 0.05) is 30.3 Å². The van der Waals surface area contributed by atoms with Gasteiger partial charge in [0.05, 0.1) is 5.92 Å². The van der Waals surface area contributed by atoms with Gasteiger partial charge in [0.25, 0.3) is 5.91 Å². The van der Waals surface area contributed by atoms with Crippen LogP contribution in [0, 0.1) is 5.92 Å². The summed E-state index contributed by atoms with van der Waals surface area (Å²) in [5, 5.41) is 5.39. The van der Waals surface area contributed by atoms with Crippen molar-refractivity contribution >= 4 is 23.4 Å². The highest BCUT2D eigenvalue weighted by molar-refractivity contribution is 5.97. The van der Waals surface area contributed by atoms with E-state index in [1.54, 1.807) is 31.2 Å². The van der Waals surface area contributed by atoms with Gasteiger partial charge in [0.15, 0.2) is 0 Å². The smallest absolute Gasteiger partial charge is 0.251 e. The van der Waals surface area contributed by atoms with E-state index in [1.807, 2.05) is 30.3 Å². The quantitative estimate of drug-likeness (QED) is 0.564. The molecule has 0 heterocycles. The second kappa shape index (κ2) is 9.49. The summed E-state index contributed by atoms with van der Waals surface area (Å²) in [5.41, 5.74) is 13.0. The summed E-state index contributed by atoms with van der Waals surface area (Å²) in [4.78, 5) is 35.3. The Balaban J connectivity index is 1.99. The van der Waals surface area contributed by atoms with Crippen LogP contribution in [0.5, 0.6) is 0 Å². The monoisotopic (exact) mass is 368 g/mol. The van der Waals surface area contributed by atoms with Gasteiger partial charge in [0.1, 0.15) is 0 Å². The number of primary amides is 1. The molecule has 3 amide bonds. The number of amides is 3. The molecule has 7 heteroatoms. The number of nitrogens with one attached hydrogen (secondary N) is 2. The molecule has 142 valence electrons. The first-order valence-electron chi connectivity index (χ1n) is 8.66. The SMILES string of the molecule is CC(C(=O)Nc1cccc(C(=O)NCCC(N)=O)c1)C(N)c1ccccc1. The summed E-state index contributed by atoms with van der Waals surface area (Å²) in [6.07, 6.45) is 0.0665. The van der Waals surface area contributed by atoms with Crippen LogP contribution in [0.3, 0.4) is 0 Å². The van der Waals surface area contributed by atoms with E-state index in [2.05, 4.69) is 10.6 Å². The normalized spacial score (nSPS) is 12.7. The molecule has 6 N–H and O–H groups in total. The third-order valence-corrected chi connectivity index (χ3v) is 4.19. The lowest BCUT2D eigenvalue weighted by atomic mass is 9.94. The molecule has 2 atom stereocenters. The number of nitrogens with two attached hydrogens (primary N) is 2. The highest BCUT2D eigenvalue weighted by Crippen LogP contribution is 2.21. The molecule has 2 rings (SSSR count).